The van der Waals surface area contributed by atoms with Crippen molar-refractivity contribution in [1.82, 2.24) is 4.90 Å². The molecular weight excluding hydrogens is 256 g/mol. The topological polar surface area (TPSA) is 46.3 Å². The number of amides is 1. The van der Waals surface area contributed by atoms with Gasteiger partial charge in [-0.15, -0.1) is 23.7 Å². The minimum absolute atomic E-state index is 0. The number of nitrogens with zero attached hydrogens (tertiary/aromatic N) is 1. The minimum atomic E-state index is 0. The fourth-order valence-electron chi connectivity index (χ4n) is 2.40. The maximum absolute atomic E-state index is 11.9. The lowest BCUT2D eigenvalue weighted by molar-refractivity contribution is -0.134. The van der Waals surface area contributed by atoms with Gasteiger partial charge in [-0.2, -0.15) is 0 Å². The molecule has 96 valence electrons. The SMILES string of the molecule is CCC1c2ccsc2CCN1C(=O)CCN.Cl. The van der Waals surface area contributed by atoms with Gasteiger partial charge in [-0.1, -0.05) is 6.92 Å². The Balaban J connectivity index is 0.00000144. The molecule has 0 saturated carbocycles. The highest BCUT2D eigenvalue weighted by Gasteiger charge is 2.29. The molecule has 1 amide bonds. The third-order valence-corrected chi connectivity index (χ3v) is 4.16. The first-order valence-corrected chi connectivity index (χ1v) is 6.71. The Hall–Kier alpha value is -0.580. The van der Waals surface area contributed by atoms with E-state index in [0.717, 1.165) is 19.4 Å². The summed E-state index contributed by atoms with van der Waals surface area (Å²) in [4.78, 5) is 15.4. The Morgan fingerprint density at radius 2 is 2.41 bits per heavy atom. The van der Waals surface area contributed by atoms with Crippen molar-refractivity contribution in [2.45, 2.75) is 32.2 Å². The maximum Gasteiger partial charge on any atom is 0.224 e. The Labute approximate surface area is 112 Å². The van der Waals surface area contributed by atoms with E-state index in [1.54, 1.807) is 0 Å². The summed E-state index contributed by atoms with van der Waals surface area (Å²) < 4.78 is 0. The molecule has 0 saturated heterocycles. The van der Waals surface area contributed by atoms with Gasteiger partial charge in [-0.3, -0.25) is 4.79 Å². The molecule has 0 aliphatic carbocycles. The predicted molar refractivity (Wildman–Crippen MR) is 73.7 cm³/mol. The molecule has 1 aromatic heterocycles. The van der Waals surface area contributed by atoms with Crippen LogP contribution in [-0.2, 0) is 11.2 Å². The number of hydrogen-bond acceptors (Lipinski definition) is 3. The quantitative estimate of drug-likeness (QED) is 0.920. The standard InChI is InChI=1S/C12H18N2OS.ClH/c1-2-10-9-5-8-16-11(9)4-7-14(10)12(15)3-6-13;/h5,8,10H,2-4,6-7,13H2,1H3;1H. The van der Waals surface area contributed by atoms with Crippen LogP contribution in [0.1, 0.15) is 36.2 Å². The van der Waals surface area contributed by atoms with Gasteiger partial charge >= 0.3 is 0 Å². The molecule has 1 unspecified atom stereocenters. The normalized spacial score (nSPS) is 18.5. The van der Waals surface area contributed by atoms with Gasteiger partial charge in [-0.05, 0) is 29.9 Å². The Bertz CT molecular complexity index is 380. The van der Waals surface area contributed by atoms with Crippen LogP contribution < -0.4 is 5.73 Å². The van der Waals surface area contributed by atoms with Crippen molar-refractivity contribution in [3.63, 3.8) is 0 Å². The van der Waals surface area contributed by atoms with Gasteiger partial charge in [0.25, 0.3) is 0 Å². The number of thiophene rings is 1. The number of halogens is 1. The molecule has 1 aliphatic rings. The second kappa shape index (κ2) is 6.38. The lowest BCUT2D eigenvalue weighted by atomic mass is 9.97. The first-order valence-electron chi connectivity index (χ1n) is 5.83. The molecular formula is C12H19ClN2OS. The summed E-state index contributed by atoms with van der Waals surface area (Å²) >= 11 is 1.81. The number of nitrogens with two attached hydrogens (primary N) is 1. The molecule has 2 rings (SSSR count). The molecule has 2 heterocycles. The maximum atomic E-state index is 11.9. The fourth-order valence-corrected chi connectivity index (χ4v) is 3.33. The summed E-state index contributed by atoms with van der Waals surface area (Å²) in [6.07, 6.45) is 2.45. The first kappa shape index (κ1) is 14.5. The van der Waals surface area contributed by atoms with Crippen molar-refractivity contribution in [1.29, 1.82) is 0 Å². The molecule has 3 nitrogen and oxygen atoms in total. The Kier molecular flexibility index (Phi) is 5.43. The van der Waals surface area contributed by atoms with Crippen LogP contribution in [0.15, 0.2) is 11.4 Å². The average molecular weight is 275 g/mol. The van der Waals surface area contributed by atoms with Crippen molar-refractivity contribution in [3.8, 4) is 0 Å². The molecule has 0 aromatic carbocycles. The largest absolute Gasteiger partial charge is 0.335 e. The highest BCUT2D eigenvalue weighted by Crippen LogP contribution is 2.35. The zero-order valence-electron chi connectivity index (χ0n) is 10.0. The Morgan fingerprint density at radius 3 is 3.06 bits per heavy atom. The molecule has 0 fully saturated rings. The van der Waals surface area contributed by atoms with Gasteiger partial charge in [0.15, 0.2) is 0 Å². The number of hydrogen-bond donors (Lipinski definition) is 1. The summed E-state index contributed by atoms with van der Waals surface area (Å²) in [5.41, 5.74) is 6.80. The highest BCUT2D eigenvalue weighted by molar-refractivity contribution is 7.10. The van der Waals surface area contributed by atoms with Crippen molar-refractivity contribution in [3.05, 3.63) is 21.9 Å². The second-order valence-electron chi connectivity index (χ2n) is 4.10. The van der Waals surface area contributed by atoms with Crippen molar-refractivity contribution < 1.29 is 4.79 Å². The Morgan fingerprint density at radius 1 is 1.65 bits per heavy atom. The van der Waals surface area contributed by atoms with Crippen LogP contribution in [0, 0.1) is 0 Å². The molecule has 1 aromatic rings. The van der Waals surface area contributed by atoms with Crippen LogP contribution in [0.25, 0.3) is 0 Å². The second-order valence-corrected chi connectivity index (χ2v) is 5.10. The molecule has 17 heavy (non-hydrogen) atoms. The summed E-state index contributed by atoms with van der Waals surface area (Å²) in [5.74, 6) is 0.200. The van der Waals surface area contributed by atoms with E-state index in [1.165, 1.54) is 10.4 Å². The van der Waals surface area contributed by atoms with E-state index in [-0.39, 0.29) is 24.4 Å². The molecule has 1 aliphatic heterocycles. The zero-order valence-corrected chi connectivity index (χ0v) is 11.6. The van der Waals surface area contributed by atoms with Crippen LogP contribution >= 0.6 is 23.7 Å². The van der Waals surface area contributed by atoms with E-state index in [2.05, 4.69) is 18.4 Å². The van der Waals surface area contributed by atoms with Crippen molar-refractivity contribution in [2.24, 2.45) is 5.73 Å². The van der Waals surface area contributed by atoms with E-state index in [4.69, 9.17) is 5.73 Å². The van der Waals surface area contributed by atoms with Gasteiger partial charge in [0, 0.05) is 24.4 Å². The summed E-state index contributed by atoms with van der Waals surface area (Å²) in [6.45, 7) is 3.44. The van der Waals surface area contributed by atoms with Crippen LogP contribution in [-0.4, -0.2) is 23.9 Å². The average Bonchev–Trinajstić information content (AvgIpc) is 2.75. The van der Waals surface area contributed by atoms with Crippen LogP contribution in [0.5, 0.6) is 0 Å². The van der Waals surface area contributed by atoms with Crippen LogP contribution in [0.2, 0.25) is 0 Å². The fraction of sp³-hybridized carbons (Fsp3) is 0.583. The minimum Gasteiger partial charge on any atom is -0.335 e. The number of carbonyl (C=O) groups excluding carboxylic acids is 1. The van der Waals surface area contributed by atoms with E-state index in [1.807, 2.05) is 16.2 Å². The summed E-state index contributed by atoms with van der Waals surface area (Å²) in [6, 6.07) is 2.44. The number of carbonyl (C=O) groups is 1. The third kappa shape index (κ3) is 2.81. The van der Waals surface area contributed by atoms with Crippen LogP contribution in [0.3, 0.4) is 0 Å². The van der Waals surface area contributed by atoms with Crippen molar-refractivity contribution in [2.75, 3.05) is 13.1 Å². The summed E-state index contributed by atoms with van der Waals surface area (Å²) in [7, 11) is 0. The lowest BCUT2D eigenvalue weighted by Gasteiger charge is -2.35. The summed E-state index contributed by atoms with van der Waals surface area (Å²) in [5, 5.41) is 2.13. The van der Waals surface area contributed by atoms with E-state index >= 15 is 0 Å². The smallest absolute Gasteiger partial charge is 0.224 e. The number of rotatable bonds is 3. The van der Waals surface area contributed by atoms with Gasteiger partial charge in [-0.25, -0.2) is 0 Å². The molecule has 0 radical (unpaired) electrons. The zero-order chi connectivity index (χ0) is 11.5. The monoisotopic (exact) mass is 274 g/mol. The molecule has 2 N–H and O–H groups in total. The van der Waals surface area contributed by atoms with E-state index in [0.29, 0.717) is 13.0 Å². The number of fused-ring (bicyclic) bond motifs is 1. The van der Waals surface area contributed by atoms with Gasteiger partial charge in [0.2, 0.25) is 5.91 Å². The van der Waals surface area contributed by atoms with E-state index in [9.17, 15) is 4.79 Å². The van der Waals surface area contributed by atoms with Gasteiger partial charge < -0.3 is 10.6 Å². The lowest BCUT2D eigenvalue weighted by Crippen LogP contribution is -2.40. The van der Waals surface area contributed by atoms with Gasteiger partial charge in [0.1, 0.15) is 0 Å². The van der Waals surface area contributed by atoms with Crippen LogP contribution in [0.4, 0.5) is 0 Å². The third-order valence-electron chi connectivity index (χ3n) is 3.16. The van der Waals surface area contributed by atoms with E-state index < -0.39 is 0 Å². The predicted octanol–water partition coefficient (Wildman–Crippen LogP) is 2.35. The molecule has 0 bridgehead atoms. The molecule has 5 heteroatoms. The first-order chi connectivity index (χ1) is 7.77. The highest BCUT2D eigenvalue weighted by atomic mass is 35.5. The van der Waals surface area contributed by atoms with Crippen molar-refractivity contribution >= 4 is 29.7 Å². The van der Waals surface area contributed by atoms with Gasteiger partial charge in [0.05, 0.1) is 6.04 Å². The molecule has 0 spiro atoms. The molecule has 1 atom stereocenters.